The maximum atomic E-state index is 4.37. The summed E-state index contributed by atoms with van der Waals surface area (Å²) >= 11 is 1.79. The SMILES string of the molecule is CC(Sc1ccccn1)c1ccc2ccccc2c1. The van der Waals surface area contributed by atoms with E-state index in [1.807, 2.05) is 18.3 Å². The second-order valence-electron chi connectivity index (χ2n) is 4.53. The minimum absolute atomic E-state index is 0.402. The molecule has 1 atom stereocenters. The largest absolute Gasteiger partial charge is 0.250 e. The molecule has 0 aliphatic carbocycles. The summed E-state index contributed by atoms with van der Waals surface area (Å²) < 4.78 is 0. The molecule has 0 aliphatic heterocycles. The van der Waals surface area contributed by atoms with Gasteiger partial charge in [0.15, 0.2) is 0 Å². The van der Waals surface area contributed by atoms with Crippen molar-refractivity contribution in [2.24, 2.45) is 0 Å². The van der Waals surface area contributed by atoms with Crippen LogP contribution in [-0.2, 0) is 0 Å². The van der Waals surface area contributed by atoms with E-state index >= 15 is 0 Å². The van der Waals surface area contributed by atoms with Crippen molar-refractivity contribution >= 4 is 22.5 Å². The minimum atomic E-state index is 0.402. The molecule has 0 bridgehead atoms. The Kier molecular flexibility index (Phi) is 3.51. The Morgan fingerprint density at radius 3 is 2.47 bits per heavy atom. The molecule has 1 aromatic heterocycles. The van der Waals surface area contributed by atoms with Crippen molar-refractivity contribution in [3.8, 4) is 0 Å². The van der Waals surface area contributed by atoms with E-state index in [0.29, 0.717) is 5.25 Å². The highest BCUT2D eigenvalue weighted by Crippen LogP contribution is 2.34. The summed E-state index contributed by atoms with van der Waals surface area (Å²) in [7, 11) is 0. The zero-order chi connectivity index (χ0) is 13.1. The molecule has 1 nitrogen and oxygen atoms in total. The van der Waals surface area contributed by atoms with Gasteiger partial charge in [0, 0.05) is 11.4 Å². The van der Waals surface area contributed by atoms with Crippen LogP contribution in [0.15, 0.2) is 71.9 Å². The third kappa shape index (κ3) is 2.79. The first-order chi connectivity index (χ1) is 9.33. The Bertz CT molecular complexity index is 679. The van der Waals surface area contributed by atoms with E-state index < -0.39 is 0 Å². The summed E-state index contributed by atoms with van der Waals surface area (Å²) in [4.78, 5) is 4.37. The number of fused-ring (bicyclic) bond motifs is 1. The summed E-state index contributed by atoms with van der Waals surface area (Å²) in [6, 6.07) is 21.2. The molecule has 0 saturated heterocycles. The first kappa shape index (κ1) is 12.2. The predicted molar refractivity (Wildman–Crippen MR) is 82.5 cm³/mol. The van der Waals surface area contributed by atoms with Crippen LogP contribution in [-0.4, -0.2) is 4.98 Å². The second-order valence-corrected chi connectivity index (χ2v) is 5.90. The van der Waals surface area contributed by atoms with Crippen molar-refractivity contribution in [2.75, 3.05) is 0 Å². The molecule has 1 unspecified atom stereocenters. The summed E-state index contributed by atoms with van der Waals surface area (Å²) in [5.74, 6) is 0. The quantitative estimate of drug-likeness (QED) is 0.612. The zero-order valence-electron chi connectivity index (χ0n) is 10.8. The predicted octanol–water partition coefficient (Wildman–Crippen LogP) is 5.09. The fraction of sp³-hybridized carbons (Fsp3) is 0.118. The monoisotopic (exact) mass is 265 g/mol. The van der Waals surface area contributed by atoms with E-state index in [1.54, 1.807) is 11.8 Å². The molecular weight excluding hydrogens is 250 g/mol. The van der Waals surface area contributed by atoms with Gasteiger partial charge in [0.1, 0.15) is 0 Å². The molecule has 2 heteroatoms. The highest BCUT2D eigenvalue weighted by Gasteiger charge is 2.08. The van der Waals surface area contributed by atoms with Gasteiger partial charge in [-0.05, 0) is 35.4 Å². The molecule has 94 valence electrons. The highest BCUT2D eigenvalue weighted by atomic mass is 32.2. The Balaban J connectivity index is 1.87. The lowest BCUT2D eigenvalue weighted by Gasteiger charge is -2.11. The lowest BCUT2D eigenvalue weighted by Crippen LogP contribution is -1.89. The molecular formula is C17H15NS. The molecule has 0 aliphatic rings. The van der Waals surface area contributed by atoms with Crippen LogP contribution in [0.4, 0.5) is 0 Å². The van der Waals surface area contributed by atoms with Gasteiger partial charge in [0.2, 0.25) is 0 Å². The number of rotatable bonds is 3. The molecule has 0 N–H and O–H groups in total. The topological polar surface area (TPSA) is 12.9 Å². The fourth-order valence-corrected chi connectivity index (χ4v) is 3.05. The summed E-state index contributed by atoms with van der Waals surface area (Å²) in [5, 5.41) is 4.07. The van der Waals surface area contributed by atoms with Crippen LogP contribution in [0.25, 0.3) is 10.8 Å². The molecule has 3 rings (SSSR count). The number of thioether (sulfide) groups is 1. The Morgan fingerprint density at radius 2 is 1.68 bits per heavy atom. The number of aromatic nitrogens is 1. The standard InChI is InChI=1S/C17H15NS/c1-13(19-17-8-4-5-11-18-17)15-10-9-14-6-2-3-7-16(14)12-15/h2-13H,1H3. The molecule has 1 heterocycles. The maximum Gasteiger partial charge on any atom is 0.0965 e. The molecule has 0 fully saturated rings. The number of hydrogen-bond donors (Lipinski definition) is 0. The van der Waals surface area contributed by atoms with Gasteiger partial charge in [-0.25, -0.2) is 4.98 Å². The van der Waals surface area contributed by atoms with Crippen molar-refractivity contribution in [1.82, 2.24) is 4.98 Å². The van der Waals surface area contributed by atoms with Crippen LogP contribution in [0.3, 0.4) is 0 Å². The van der Waals surface area contributed by atoms with Crippen LogP contribution in [0.5, 0.6) is 0 Å². The average molecular weight is 265 g/mol. The van der Waals surface area contributed by atoms with Gasteiger partial charge in [-0.2, -0.15) is 0 Å². The van der Waals surface area contributed by atoms with Crippen molar-refractivity contribution < 1.29 is 0 Å². The lowest BCUT2D eigenvalue weighted by atomic mass is 10.1. The normalized spacial score (nSPS) is 12.5. The van der Waals surface area contributed by atoms with Gasteiger partial charge in [0.05, 0.1) is 5.03 Å². The van der Waals surface area contributed by atoms with Crippen molar-refractivity contribution in [3.63, 3.8) is 0 Å². The van der Waals surface area contributed by atoms with Crippen LogP contribution in [0.1, 0.15) is 17.7 Å². The first-order valence-electron chi connectivity index (χ1n) is 6.39. The van der Waals surface area contributed by atoms with Crippen LogP contribution in [0.2, 0.25) is 0 Å². The number of hydrogen-bond acceptors (Lipinski definition) is 2. The number of benzene rings is 2. The van der Waals surface area contributed by atoms with Gasteiger partial charge in [-0.1, -0.05) is 60.3 Å². The first-order valence-corrected chi connectivity index (χ1v) is 7.27. The smallest absolute Gasteiger partial charge is 0.0965 e. The van der Waals surface area contributed by atoms with E-state index in [9.17, 15) is 0 Å². The molecule has 19 heavy (non-hydrogen) atoms. The van der Waals surface area contributed by atoms with E-state index in [-0.39, 0.29) is 0 Å². The van der Waals surface area contributed by atoms with Crippen molar-refractivity contribution in [3.05, 3.63) is 72.4 Å². The lowest BCUT2D eigenvalue weighted by molar-refractivity contribution is 1.07. The second kappa shape index (κ2) is 5.45. The van der Waals surface area contributed by atoms with E-state index in [4.69, 9.17) is 0 Å². The average Bonchev–Trinajstić information content (AvgIpc) is 2.48. The minimum Gasteiger partial charge on any atom is -0.250 e. The van der Waals surface area contributed by atoms with Gasteiger partial charge >= 0.3 is 0 Å². The Labute approximate surface area is 117 Å². The number of pyridine rings is 1. The van der Waals surface area contributed by atoms with Crippen molar-refractivity contribution in [2.45, 2.75) is 17.2 Å². The van der Waals surface area contributed by atoms with Crippen LogP contribution < -0.4 is 0 Å². The van der Waals surface area contributed by atoms with Gasteiger partial charge in [-0.15, -0.1) is 0 Å². The highest BCUT2D eigenvalue weighted by molar-refractivity contribution is 7.99. The molecule has 2 aromatic carbocycles. The van der Waals surface area contributed by atoms with Gasteiger partial charge in [-0.3, -0.25) is 0 Å². The van der Waals surface area contributed by atoms with Crippen LogP contribution >= 0.6 is 11.8 Å². The molecule has 0 spiro atoms. The van der Waals surface area contributed by atoms with E-state index in [2.05, 4.69) is 60.4 Å². The van der Waals surface area contributed by atoms with Gasteiger partial charge in [0.25, 0.3) is 0 Å². The summed E-state index contributed by atoms with van der Waals surface area (Å²) in [6.07, 6.45) is 1.84. The molecule has 3 aromatic rings. The third-order valence-electron chi connectivity index (χ3n) is 3.18. The molecule has 0 saturated carbocycles. The van der Waals surface area contributed by atoms with Crippen molar-refractivity contribution in [1.29, 1.82) is 0 Å². The van der Waals surface area contributed by atoms with Crippen LogP contribution in [0, 0.1) is 0 Å². The number of nitrogens with zero attached hydrogens (tertiary/aromatic N) is 1. The fourth-order valence-electron chi connectivity index (χ4n) is 2.13. The third-order valence-corrected chi connectivity index (χ3v) is 4.29. The van der Waals surface area contributed by atoms with E-state index in [0.717, 1.165) is 5.03 Å². The van der Waals surface area contributed by atoms with E-state index in [1.165, 1.54) is 16.3 Å². The Morgan fingerprint density at radius 1 is 0.895 bits per heavy atom. The summed E-state index contributed by atoms with van der Waals surface area (Å²) in [6.45, 7) is 2.23. The Hall–Kier alpha value is -1.80. The van der Waals surface area contributed by atoms with Gasteiger partial charge < -0.3 is 0 Å². The molecule has 0 amide bonds. The summed E-state index contributed by atoms with van der Waals surface area (Å²) in [5.41, 5.74) is 1.34. The molecule has 0 radical (unpaired) electrons. The zero-order valence-corrected chi connectivity index (χ0v) is 11.6. The maximum absolute atomic E-state index is 4.37.